The highest BCUT2D eigenvalue weighted by Crippen LogP contribution is 2.16. The highest BCUT2D eigenvalue weighted by molar-refractivity contribution is 6.30. The van der Waals surface area contributed by atoms with E-state index < -0.39 is 0 Å². The maximum absolute atomic E-state index is 12.8. The second-order valence-electron chi connectivity index (χ2n) is 7.91. The minimum Gasteiger partial charge on any atom is -0.326 e. The number of hydrogen-bond acceptors (Lipinski definition) is 3. The number of hydrogen-bond donors (Lipinski definition) is 2. The number of aryl methyl sites for hydroxylation is 4. The van der Waals surface area contributed by atoms with Crippen LogP contribution in [0.4, 0.5) is 5.69 Å². The van der Waals surface area contributed by atoms with E-state index in [9.17, 15) is 4.79 Å². The van der Waals surface area contributed by atoms with Crippen molar-refractivity contribution in [3.8, 4) is 0 Å². The van der Waals surface area contributed by atoms with Crippen molar-refractivity contribution >= 4 is 29.2 Å². The summed E-state index contributed by atoms with van der Waals surface area (Å²) in [6.45, 7) is 11.6. The van der Waals surface area contributed by atoms with Gasteiger partial charge in [-0.3, -0.25) is 19.8 Å². The number of benzene rings is 2. The molecule has 0 saturated heterocycles. The van der Waals surface area contributed by atoms with E-state index in [1.807, 2.05) is 37.6 Å². The first-order valence-electron chi connectivity index (χ1n) is 10.8. The molecule has 3 aromatic rings. The number of nitrogens with one attached hydrogen (secondary N) is 2. The summed E-state index contributed by atoms with van der Waals surface area (Å²) in [5.74, 6) is 0.164. The van der Waals surface area contributed by atoms with Crippen molar-refractivity contribution in [2.45, 2.75) is 47.6 Å². The third-order valence-electron chi connectivity index (χ3n) is 5.29. The number of guanidine groups is 1. The Morgan fingerprint density at radius 3 is 2.31 bits per heavy atom. The molecule has 1 heterocycles. The maximum Gasteiger partial charge on any atom is 0.257 e. The molecule has 6 nitrogen and oxygen atoms in total. The first kappa shape index (κ1) is 23.5. The fourth-order valence-electron chi connectivity index (χ4n) is 3.76. The van der Waals surface area contributed by atoms with Crippen LogP contribution in [-0.4, -0.2) is 28.2 Å². The average molecular weight is 452 g/mol. The predicted octanol–water partition coefficient (Wildman–Crippen LogP) is 5.23. The normalized spacial score (nSPS) is 11.5. The van der Waals surface area contributed by atoms with E-state index in [0.29, 0.717) is 23.1 Å². The molecule has 0 aliphatic heterocycles. The Bertz CT molecular complexity index is 1110. The smallest absolute Gasteiger partial charge is 0.257 e. The Kier molecular flexibility index (Phi) is 7.70. The van der Waals surface area contributed by atoms with Gasteiger partial charge in [0.25, 0.3) is 5.91 Å². The van der Waals surface area contributed by atoms with Gasteiger partial charge in [-0.1, -0.05) is 17.7 Å². The van der Waals surface area contributed by atoms with E-state index >= 15 is 0 Å². The van der Waals surface area contributed by atoms with Gasteiger partial charge in [-0.15, -0.1) is 0 Å². The van der Waals surface area contributed by atoms with Crippen LogP contribution in [0.2, 0.25) is 5.02 Å². The third kappa shape index (κ3) is 5.98. The molecule has 2 N–H and O–H groups in total. The van der Waals surface area contributed by atoms with E-state index in [1.54, 1.807) is 24.3 Å². The largest absolute Gasteiger partial charge is 0.326 e. The number of nitrogens with zero attached hydrogens (tertiary/aromatic N) is 3. The van der Waals surface area contributed by atoms with Gasteiger partial charge in [0.05, 0.1) is 5.69 Å². The number of anilines is 1. The Labute approximate surface area is 194 Å². The van der Waals surface area contributed by atoms with Gasteiger partial charge >= 0.3 is 0 Å². The van der Waals surface area contributed by atoms with E-state index in [0.717, 1.165) is 41.2 Å². The van der Waals surface area contributed by atoms with Crippen LogP contribution >= 0.6 is 11.6 Å². The number of amides is 1. The first-order valence-corrected chi connectivity index (χ1v) is 11.1. The lowest BCUT2D eigenvalue weighted by Crippen LogP contribution is -2.36. The van der Waals surface area contributed by atoms with Crippen molar-refractivity contribution in [3.05, 3.63) is 81.1 Å². The second kappa shape index (κ2) is 10.5. The summed E-state index contributed by atoms with van der Waals surface area (Å²) in [6, 6.07) is 12.9. The molecule has 0 spiro atoms. The Morgan fingerprint density at radius 1 is 1.06 bits per heavy atom. The zero-order valence-electron chi connectivity index (χ0n) is 19.3. The molecule has 32 heavy (non-hydrogen) atoms. The van der Waals surface area contributed by atoms with Crippen molar-refractivity contribution in [2.75, 3.05) is 11.9 Å². The number of halogens is 1. The monoisotopic (exact) mass is 451 g/mol. The average Bonchev–Trinajstić information content (AvgIpc) is 3.01. The molecule has 0 aliphatic carbocycles. The van der Waals surface area contributed by atoms with Gasteiger partial charge < -0.3 is 5.32 Å². The van der Waals surface area contributed by atoms with Crippen LogP contribution in [0.5, 0.6) is 0 Å². The first-order chi connectivity index (χ1) is 15.3. The number of rotatable bonds is 6. The molecule has 0 fully saturated rings. The lowest BCUT2D eigenvalue weighted by Gasteiger charge is -2.13. The van der Waals surface area contributed by atoms with Crippen LogP contribution in [0.1, 0.15) is 45.4 Å². The molecule has 0 aliphatic rings. The maximum atomic E-state index is 12.8. The summed E-state index contributed by atoms with van der Waals surface area (Å²) in [5, 5.41) is 11.3. The molecule has 3 rings (SSSR count). The highest BCUT2D eigenvalue weighted by Gasteiger charge is 2.12. The van der Waals surface area contributed by atoms with E-state index in [-0.39, 0.29) is 5.91 Å². The SMILES string of the molecule is CCn1nc(C)c(CCN=C(NC(=O)c2ccc(Cl)cc2)Nc2cc(C)cc(C)c2)c1C. The van der Waals surface area contributed by atoms with Gasteiger partial charge in [-0.05, 0) is 94.1 Å². The van der Waals surface area contributed by atoms with Crippen molar-refractivity contribution in [3.63, 3.8) is 0 Å². The number of aromatic nitrogens is 2. The predicted molar refractivity (Wildman–Crippen MR) is 132 cm³/mol. The number of carbonyl (C=O) groups is 1. The molecule has 1 amide bonds. The molecular weight excluding hydrogens is 422 g/mol. The summed E-state index contributed by atoms with van der Waals surface area (Å²) in [6.07, 6.45) is 0.743. The van der Waals surface area contributed by atoms with Gasteiger partial charge in [0.1, 0.15) is 0 Å². The standard InChI is InChI=1S/C25H30ClN5O/c1-6-31-19(5)23(18(4)30-31)11-12-27-25(28-22-14-16(2)13-17(3)15-22)29-24(32)20-7-9-21(26)10-8-20/h7-10,13-15H,6,11-12H2,1-5H3,(H2,27,28,29,32). The van der Waals surface area contributed by atoms with E-state index in [1.165, 1.54) is 5.56 Å². The Morgan fingerprint density at radius 2 is 1.72 bits per heavy atom. The summed E-state index contributed by atoms with van der Waals surface area (Å²) in [7, 11) is 0. The molecular formula is C25H30ClN5O. The second-order valence-corrected chi connectivity index (χ2v) is 8.34. The van der Waals surface area contributed by atoms with Gasteiger partial charge in [0.15, 0.2) is 0 Å². The van der Waals surface area contributed by atoms with Gasteiger partial charge in [-0.2, -0.15) is 5.10 Å². The summed E-state index contributed by atoms with van der Waals surface area (Å²) in [4.78, 5) is 17.5. The highest BCUT2D eigenvalue weighted by atomic mass is 35.5. The summed E-state index contributed by atoms with van der Waals surface area (Å²) in [5.41, 5.74) is 7.04. The molecule has 2 aromatic carbocycles. The van der Waals surface area contributed by atoms with Crippen LogP contribution in [0.15, 0.2) is 47.5 Å². The van der Waals surface area contributed by atoms with Crippen LogP contribution in [-0.2, 0) is 13.0 Å². The van der Waals surface area contributed by atoms with Gasteiger partial charge in [0, 0.05) is 35.1 Å². The molecule has 0 saturated carbocycles. The number of aliphatic imine (C=N–C) groups is 1. The fraction of sp³-hybridized carbons (Fsp3) is 0.320. The van der Waals surface area contributed by atoms with Crippen molar-refractivity contribution in [2.24, 2.45) is 4.99 Å². The molecule has 0 radical (unpaired) electrons. The van der Waals surface area contributed by atoms with Crippen LogP contribution in [0, 0.1) is 27.7 Å². The van der Waals surface area contributed by atoms with E-state index in [4.69, 9.17) is 11.6 Å². The van der Waals surface area contributed by atoms with Crippen molar-refractivity contribution < 1.29 is 4.79 Å². The lowest BCUT2D eigenvalue weighted by atomic mass is 10.1. The Hall–Kier alpha value is -3.12. The summed E-state index contributed by atoms with van der Waals surface area (Å²) >= 11 is 5.95. The topological polar surface area (TPSA) is 71.3 Å². The van der Waals surface area contributed by atoms with Gasteiger partial charge in [0.2, 0.25) is 5.96 Å². The minimum absolute atomic E-state index is 0.247. The van der Waals surface area contributed by atoms with Crippen LogP contribution < -0.4 is 10.6 Å². The van der Waals surface area contributed by atoms with Crippen LogP contribution in [0.3, 0.4) is 0 Å². The minimum atomic E-state index is -0.247. The zero-order chi connectivity index (χ0) is 23.3. The molecule has 7 heteroatoms. The summed E-state index contributed by atoms with van der Waals surface area (Å²) < 4.78 is 2.01. The quantitative estimate of drug-likeness (QED) is 0.398. The fourth-order valence-corrected chi connectivity index (χ4v) is 3.88. The molecule has 168 valence electrons. The van der Waals surface area contributed by atoms with Crippen LogP contribution in [0.25, 0.3) is 0 Å². The Balaban J connectivity index is 1.81. The van der Waals surface area contributed by atoms with Crippen molar-refractivity contribution in [1.29, 1.82) is 0 Å². The lowest BCUT2D eigenvalue weighted by molar-refractivity contribution is 0.0977. The molecule has 0 atom stereocenters. The molecule has 0 unspecified atom stereocenters. The molecule has 0 bridgehead atoms. The number of carbonyl (C=O) groups excluding carboxylic acids is 1. The van der Waals surface area contributed by atoms with E-state index in [2.05, 4.69) is 40.6 Å². The zero-order valence-corrected chi connectivity index (χ0v) is 20.0. The molecule has 1 aromatic heterocycles. The van der Waals surface area contributed by atoms with Crippen molar-refractivity contribution in [1.82, 2.24) is 15.1 Å². The van der Waals surface area contributed by atoms with Gasteiger partial charge in [-0.25, -0.2) is 0 Å². The third-order valence-corrected chi connectivity index (χ3v) is 5.54.